The van der Waals surface area contributed by atoms with Crippen LogP contribution in [-0.4, -0.2) is 20.4 Å². The predicted octanol–water partition coefficient (Wildman–Crippen LogP) is 4.75. The number of imidazole rings is 1. The van der Waals surface area contributed by atoms with Crippen LogP contribution in [0.5, 0.6) is 5.75 Å². The lowest BCUT2D eigenvalue weighted by Gasteiger charge is -2.08. The van der Waals surface area contributed by atoms with E-state index in [1.165, 1.54) is 24.3 Å². The van der Waals surface area contributed by atoms with Gasteiger partial charge in [-0.3, -0.25) is 4.79 Å². The zero-order valence-corrected chi connectivity index (χ0v) is 15.6. The Morgan fingerprint density at radius 1 is 1.07 bits per heavy atom. The molecular formula is C24H19FN2O2. The molecule has 0 spiro atoms. The highest BCUT2D eigenvalue weighted by molar-refractivity contribution is 5.97. The summed E-state index contributed by atoms with van der Waals surface area (Å²) >= 11 is 0. The number of allylic oxidation sites excluding steroid dienone is 1. The third kappa shape index (κ3) is 4.24. The Bertz CT molecular complexity index is 1200. The summed E-state index contributed by atoms with van der Waals surface area (Å²) in [6.45, 7) is 0.674. The highest BCUT2D eigenvalue weighted by Gasteiger charge is 2.11. The maximum absolute atomic E-state index is 13.1. The summed E-state index contributed by atoms with van der Waals surface area (Å²) < 4.78 is 15.2. The van der Waals surface area contributed by atoms with Gasteiger partial charge in [0.1, 0.15) is 0 Å². The molecule has 0 unspecified atom stereocenters. The minimum Gasteiger partial charge on any atom is -0.505 e. The van der Waals surface area contributed by atoms with Gasteiger partial charge in [0.05, 0.1) is 17.4 Å². The second-order valence-electron chi connectivity index (χ2n) is 6.83. The van der Waals surface area contributed by atoms with Gasteiger partial charge in [-0.25, -0.2) is 9.37 Å². The first-order valence-electron chi connectivity index (χ1n) is 9.26. The number of aromatic hydroxyl groups is 1. The lowest BCUT2D eigenvalue weighted by molar-refractivity contribution is -0.113. The smallest absolute Gasteiger partial charge is 0.164 e. The molecule has 4 rings (SSSR count). The van der Waals surface area contributed by atoms with Crippen molar-refractivity contribution in [1.82, 2.24) is 9.55 Å². The molecule has 0 radical (unpaired) electrons. The van der Waals surface area contributed by atoms with E-state index in [-0.39, 0.29) is 12.2 Å². The lowest BCUT2D eigenvalue weighted by Crippen LogP contribution is -2.04. The number of fused-ring (bicyclic) bond motifs is 1. The molecule has 0 aliphatic carbocycles. The third-order valence-corrected chi connectivity index (χ3v) is 4.71. The highest BCUT2D eigenvalue weighted by Crippen LogP contribution is 2.21. The van der Waals surface area contributed by atoms with E-state index in [1.807, 2.05) is 36.4 Å². The summed E-state index contributed by atoms with van der Waals surface area (Å²) in [5.74, 6) is -1.21. The molecule has 1 N–H and O–H groups in total. The van der Waals surface area contributed by atoms with Gasteiger partial charge in [0.2, 0.25) is 0 Å². The van der Waals surface area contributed by atoms with Crippen LogP contribution in [0.25, 0.3) is 17.1 Å². The molecule has 3 aromatic carbocycles. The zero-order valence-electron chi connectivity index (χ0n) is 15.6. The van der Waals surface area contributed by atoms with Crippen molar-refractivity contribution in [3.05, 3.63) is 102 Å². The van der Waals surface area contributed by atoms with Crippen LogP contribution in [-0.2, 0) is 17.8 Å². The van der Waals surface area contributed by atoms with Crippen molar-refractivity contribution in [2.24, 2.45) is 0 Å². The van der Waals surface area contributed by atoms with Gasteiger partial charge in [-0.2, -0.15) is 0 Å². The molecule has 0 aliphatic rings. The van der Waals surface area contributed by atoms with Crippen LogP contribution in [0.4, 0.5) is 4.39 Å². The van der Waals surface area contributed by atoms with Crippen LogP contribution in [0.3, 0.4) is 0 Å². The normalized spacial score (nSPS) is 11.3. The number of carbonyl (C=O) groups is 1. The number of carbonyl (C=O) groups excluding carboxylic acids is 1. The quantitative estimate of drug-likeness (QED) is 0.487. The molecule has 0 saturated heterocycles. The number of phenols is 1. The second-order valence-corrected chi connectivity index (χ2v) is 6.83. The number of benzene rings is 3. The maximum Gasteiger partial charge on any atom is 0.164 e. The maximum atomic E-state index is 13.1. The van der Waals surface area contributed by atoms with Gasteiger partial charge in [0.25, 0.3) is 0 Å². The molecule has 1 aromatic heterocycles. The Hall–Kier alpha value is -3.73. The first-order valence-corrected chi connectivity index (χ1v) is 9.26. The van der Waals surface area contributed by atoms with Crippen LogP contribution in [0.15, 0.2) is 79.1 Å². The molecule has 144 valence electrons. The van der Waals surface area contributed by atoms with Crippen molar-refractivity contribution in [2.75, 3.05) is 0 Å². The first-order chi connectivity index (χ1) is 14.1. The van der Waals surface area contributed by atoms with Crippen molar-refractivity contribution in [3.8, 4) is 5.75 Å². The summed E-state index contributed by atoms with van der Waals surface area (Å²) in [5.41, 5.74) is 4.40. The first kappa shape index (κ1) is 18.6. The highest BCUT2D eigenvalue weighted by atomic mass is 19.1. The van der Waals surface area contributed by atoms with E-state index in [0.29, 0.717) is 12.1 Å². The van der Waals surface area contributed by atoms with E-state index in [1.54, 1.807) is 12.4 Å². The molecule has 5 heteroatoms. The van der Waals surface area contributed by atoms with Gasteiger partial charge in [-0.1, -0.05) is 54.6 Å². The summed E-state index contributed by atoms with van der Waals surface area (Å²) in [6, 6.07) is 19.8. The van der Waals surface area contributed by atoms with Crippen LogP contribution < -0.4 is 0 Å². The van der Waals surface area contributed by atoms with E-state index in [0.717, 1.165) is 22.2 Å². The summed E-state index contributed by atoms with van der Waals surface area (Å²) in [5, 5.41) is 9.44. The van der Waals surface area contributed by atoms with Gasteiger partial charge < -0.3 is 9.67 Å². The number of halogens is 1. The number of phenolic OH excluding ortho intramolecular Hbond substituents is 1. The van der Waals surface area contributed by atoms with E-state index < -0.39 is 11.6 Å². The molecular weight excluding hydrogens is 367 g/mol. The van der Waals surface area contributed by atoms with Crippen LogP contribution >= 0.6 is 0 Å². The van der Waals surface area contributed by atoms with Gasteiger partial charge in [-0.05, 0) is 41.0 Å². The molecule has 4 aromatic rings. The largest absolute Gasteiger partial charge is 0.505 e. The Labute approximate surface area is 167 Å². The number of nitrogens with zero attached hydrogens (tertiary/aromatic N) is 2. The van der Waals surface area contributed by atoms with Gasteiger partial charge in [0.15, 0.2) is 17.3 Å². The number of ketones is 1. The van der Waals surface area contributed by atoms with Gasteiger partial charge in [-0.15, -0.1) is 0 Å². The monoisotopic (exact) mass is 386 g/mol. The lowest BCUT2D eigenvalue weighted by atomic mass is 10.1. The van der Waals surface area contributed by atoms with Crippen LogP contribution in [0.2, 0.25) is 0 Å². The standard InChI is InChI=1S/C24H19FN2O2/c25-21-12-10-17(13-23(21)29)9-11-20(28)14-19-7-4-8-22-24(19)27(16-26-22)15-18-5-2-1-3-6-18/h1-13,16,29H,14-15H2/b11-9+. The molecule has 0 aliphatic heterocycles. The zero-order chi connectivity index (χ0) is 20.2. The van der Waals surface area contributed by atoms with Crippen molar-refractivity contribution in [2.45, 2.75) is 13.0 Å². The molecule has 0 saturated carbocycles. The van der Waals surface area contributed by atoms with Crippen molar-refractivity contribution in [3.63, 3.8) is 0 Å². The van der Waals surface area contributed by atoms with E-state index >= 15 is 0 Å². The van der Waals surface area contributed by atoms with Crippen molar-refractivity contribution < 1.29 is 14.3 Å². The average molecular weight is 386 g/mol. The van der Waals surface area contributed by atoms with Crippen LogP contribution in [0, 0.1) is 5.82 Å². The van der Waals surface area contributed by atoms with Crippen LogP contribution in [0.1, 0.15) is 16.7 Å². The molecule has 0 atom stereocenters. The fraction of sp³-hybridized carbons (Fsp3) is 0.0833. The van der Waals surface area contributed by atoms with E-state index in [4.69, 9.17) is 0 Å². The Balaban J connectivity index is 1.57. The molecule has 4 nitrogen and oxygen atoms in total. The number of rotatable bonds is 6. The second kappa shape index (κ2) is 8.10. The van der Waals surface area contributed by atoms with E-state index in [9.17, 15) is 14.3 Å². The molecule has 29 heavy (non-hydrogen) atoms. The number of hydrogen-bond donors (Lipinski definition) is 1. The Morgan fingerprint density at radius 3 is 2.69 bits per heavy atom. The molecule has 0 amide bonds. The van der Waals surface area contributed by atoms with Crippen molar-refractivity contribution in [1.29, 1.82) is 0 Å². The summed E-state index contributed by atoms with van der Waals surface area (Å²) in [6.07, 6.45) is 5.04. The minimum atomic E-state index is -0.688. The SMILES string of the molecule is O=C(/C=C/c1ccc(F)c(O)c1)Cc1cccc2ncn(Cc3ccccc3)c12. The van der Waals surface area contributed by atoms with Gasteiger partial charge in [0, 0.05) is 13.0 Å². The number of hydrogen-bond acceptors (Lipinski definition) is 3. The fourth-order valence-corrected chi connectivity index (χ4v) is 3.31. The summed E-state index contributed by atoms with van der Waals surface area (Å²) in [7, 11) is 0. The summed E-state index contributed by atoms with van der Waals surface area (Å²) in [4.78, 5) is 17.0. The number of para-hydroxylation sites is 1. The van der Waals surface area contributed by atoms with Gasteiger partial charge >= 0.3 is 0 Å². The molecule has 0 fully saturated rings. The topological polar surface area (TPSA) is 55.1 Å². The predicted molar refractivity (Wildman–Crippen MR) is 111 cm³/mol. The van der Waals surface area contributed by atoms with Crippen molar-refractivity contribution >= 4 is 22.9 Å². The third-order valence-electron chi connectivity index (χ3n) is 4.71. The van der Waals surface area contributed by atoms with E-state index in [2.05, 4.69) is 21.7 Å². The number of aromatic nitrogens is 2. The average Bonchev–Trinajstić information content (AvgIpc) is 3.13. The minimum absolute atomic E-state index is 0.0891. The Morgan fingerprint density at radius 2 is 1.90 bits per heavy atom. The molecule has 1 heterocycles. The molecule has 0 bridgehead atoms. The fourth-order valence-electron chi connectivity index (χ4n) is 3.31. The Kier molecular flexibility index (Phi) is 5.20.